The number of hydrogen-bond acceptors (Lipinski definition) is 5. The van der Waals surface area contributed by atoms with Gasteiger partial charge in [0.15, 0.2) is 0 Å². The molecular weight excluding hydrogens is 256 g/mol. The Labute approximate surface area is 119 Å². The Hall–Kier alpha value is -1.45. The van der Waals surface area contributed by atoms with Gasteiger partial charge in [-0.3, -0.25) is 4.90 Å². The van der Waals surface area contributed by atoms with Crippen LogP contribution < -0.4 is 0 Å². The molecular formula is C15H20N2O3. The first-order valence-electron chi connectivity index (χ1n) is 6.78. The van der Waals surface area contributed by atoms with Crippen molar-refractivity contribution in [1.29, 1.82) is 5.26 Å². The lowest BCUT2D eigenvalue weighted by atomic mass is 10.1. The number of rotatable bonds is 4. The third-order valence-corrected chi connectivity index (χ3v) is 3.67. The van der Waals surface area contributed by atoms with E-state index in [9.17, 15) is 5.11 Å². The van der Waals surface area contributed by atoms with E-state index in [1.807, 2.05) is 6.92 Å². The standard InChI is InChI=1S/C15H20N2O3/c1-11-10-20-14(9-18)7-17(11)8-15(19)13-4-2-12(6-16)3-5-13/h2-5,11,14-15,18-19H,7-10H2,1H3. The van der Waals surface area contributed by atoms with E-state index in [0.717, 1.165) is 5.56 Å². The Morgan fingerprint density at radius 1 is 1.45 bits per heavy atom. The van der Waals surface area contributed by atoms with Crippen LogP contribution in [0.3, 0.4) is 0 Å². The van der Waals surface area contributed by atoms with Gasteiger partial charge in [-0.15, -0.1) is 0 Å². The second kappa shape index (κ2) is 6.82. The molecule has 0 aliphatic carbocycles. The van der Waals surface area contributed by atoms with E-state index in [0.29, 0.717) is 25.3 Å². The number of β-amino-alcohol motifs (C(OH)–C–C–N with tert-alkyl or cyclic N) is 1. The maximum Gasteiger partial charge on any atom is 0.0991 e. The predicted molar refractivity (Wildman–Crippen MR) is 74.0 cm³/mol. The first-order chi connectivity index (χ1) is 9.63. The molecule has 1 aromatic carbocycles. The molecule has 108 valence electrons. The number of benzene rings is 1. The van der Waals surface area contributed by atoms with Gasteiger partial charge in [-0.2, -0.15) is 5.26 Å². The van der Waals surface area contributed by atoms with Crippen LogP contribution in [0.15, 0.2) is 24.3 Å². The molecule has 0 radical (unpaired) electrons. The van der Waals surface area contributed by atoms with Crippen molar-refractivity contribution in [3.8, 4) is 6.07 Å². The van der Waals surface area contributed by atoms with Crippen molar-refractivity contribution in [3.05, 3.63) is 35.4 Å². The lowest BCUT2D eigenvalue weighted by Crippen LogP contribution is -2.50. The van der Waals surface area contributed by atoms with Crippen molar-refractivity contribution in [1.82, 2.24) is 4.90 Å². The number of aliphatic hydroxyl groups excluding tert-OH is 2. The Morgan fingerprint density at radius 3 is 2.75 bits per heavy atom. The molecule has 2 N–H and O–H groups in total. The zero-order chi connectivity index (χ0) is 14.5. The third kappa shape index (κ3) is 3.56. The second-order valence-electron chi connectivity index (χ2n) is 5.19. The molecule has 1 aliphatic rings. The van der Waals surface area contributed by atoms with Gasteiger partial charge in [-0.05, 0) is 24.6 Å². The lowest BCUT2D eigenvalue weighted by Gasteiger charge is -2.38. The number of aliphatic hydroxyl groups is 2. The van der Waals surface area contributed by atoms with Crippen LogP contribution in [0.4, 0.5) is 0 Å². The molecule has 1 heterocycles. The SMILES string of the molecule is CC1COC(CO)CN1CC(O)c1ccc(C#N)cc1. The molecule has 1 saturated heterocycles. The zero-order valence-electron chi connectivity index (χ0n) is 11.6. The number of ether oxygens (including phenoxy) is 1. The highest BCUT2D eigenvalue weighted by Gasteiger charge is 2.27. The Morgan fingerprint density at radius 2 is 2.15 bits per heavy atom. The van der Waals surface area contributed by atoms with E-state index in [1.54, 1.807) is 24.3 Å². The van der Waals surface area contributed by atoms with Gasteiger partial charge >= 0.3 is 0 Å². The summed E-state index contributed by atoms with van der Waals surface area (Å²) in [7, 11) is 0. The first kappa shape index (κ1) is 14.9. The van der Waals surface area contributed by atoms with Crippen molar-refractivity contribution >= 4 is 0 Å². The normalized spacial score (nSPS) is 25.1. The quantitative estimate of drug-likeness (QED) is 0.845. The average molecular weight is 276 g/mol. The van der Waals surface area contributed by atoms with Gasteiger partial charge in [0.1, 0.15) is 0 Å². The van der Waals surface area contributed by atoms with E-state index in [2.05, 4.69) is 11.0 Å². The molecule has 0 amide bonds. The summed E-state index contributed by atoms with van der Waals surface area (Å²) < 4.78 is 5.48. The molecule has 3 unspecified atom stereocenters. The monoisotopic (exact) mass is 276 g/mol. The predicted octanol–water partition coefficient (Wildman–Crippen LogP) is 0.673. The topological polar surface area (TPSA) is 76.7 Å². The second-order valence-corrected chi connectivity index (χ2v) is 5.19. The smallest absolute Gasteiger partial charge is 0.0991 e. The Balaban J connectivity index is 1.98. The molecule has 5 nitrogen and oxygen atoms in total. The van der Waals surface area contributed by atoms with E-state index in [-0.39, 0.29) is 18.8 Å². The van der Waals surface area contributed by atoms with Crippen LogP contribution in [0.1, 0.15) is 24.2 Å². The average Bonchev–Trinajstić information content (AvgIpc) is 2.49. The van der Waals surface area contributed by atoms with Gasteiger partial charge in [-0.25, -0.2) is 0 Å². The molecule has 2 rings (SSSR count). The summed E-state index contributed by atoms with van der Waals surface area (Å²) in [5.41, 5.74) is 1.38. The van der Waals surface area contributed by atoms with Gasteiger partial charge in [-0.1, -0.05) is 12.1 Å². The largest absolute Gasteiger partial charge is 0.394 e. The summed E-state index contributed by atoms with van der Waals surface area (Å²) in [6.45, 7) is 3.71. The minimum atomic E-state index is -0.609. The Bertz CT molecular complexity index is 469. The summed E-state index contributed by atoms with van der Waals surface area (Å²) in [6.07, 6.45) is -0.790. The summed E-state index contributed by atoms with van der Waals surface area (Å²) in [6, 6.07) is 9.24. The number of nitriles is 1. The highest BCUT2D eigenvalue weighted by molar-refractivity contribution is 5.32. The molecule has 5 heteroatoms. The minimum absolute atomic E-state index is 0.00379. The van der Waals surface area contributed by atoms with Crippen LogP contribution in [-0.2, 0) is 4.74 Å². The van der Waals surface area contributed by atoms with Crippen LogP contribution >= 0.6 is 0 Å². The maximum atomic E-state index is 10.3. The van der Waals surface area contributed by atoms with Crippen molar-refractivity contribution in [2.75, 3.05) is 26.3 Å². The van der Waals surface area contributed by atoms with E-state index < -0.39 is 6.10 Å². The minimum Gasteiger partial charge on any atom is -0.394 e. The van der Waals surface area contributed by atoms with Gasteiger partial charge in [0.2, 0.25) is 0 Å². The fraction of sp³-hybridized carbons (Fsp3) is 0.533. The zero-order valence-corrected chi connectivity index (χ0v) is 11.6. The van der Waals surface area contributed by atoms with E-state index >= 15 is 0 Å². The van der Waals surface area contributed by atoms with E-state index in [4.69, 9.17) is 15.1 Å². The summed E-state index contributed by atoms with van der Waals surface area (Å²) in [5, 5.41) is 28.2. The van der Waals surface area contributed by atoms with Crippen molar-refractivity contribution in [2.45, 2.75) is 25.2 Å². The molecule has 0 saturated carbocycles. The molecule has 0 bridgehead atoms. The summed E-state index contributed by atoms with van der Waals surface area (Å²) in [4.78, 5) is 2.12. The summed E-state index contributed by atoms with van der Waals surface area (Å²) in [5.74, 6) is 0. The lowest BCUT2D eigenvalue weighted by molar-refractivity contribution is -0.0869. The fourth-order valence-electron chi connectivity index (χ4n) is 2.35. The number of nitrogens with zero attached hydrogens (tertiary/aromatic N) is 2. The number of morpholine rings is 1. The van der Waals surface area contributed by atoms with Crippen LogP contribution in [0.2, 0.25) is 0 Å². The molecule has 1 aromatic rings. The summed E-state index contributed by atoms with van der Waals surface area (Å²) >= 11 is 0. The molecule has 3 atom stereocenters. The van der Waals surface area contributed by atoms with Crippen molar-refractivity contribution in [2.24, 2.45) is 0 Å². The van der Waals surface area contributed by atoms with Crippen molar-refractivity contribution < 1.29 is 14.9 Å². The molecule has 0 aromatic heterocycles. The fourth-order valence-corrected chi connectivity index (χ4v) is 2.35. The van der Waals surface area contributed by atoms with Crippen LogP contribution in [0.25, 0.3) is 0 Å². The molecule has 1 aliphatic heterocycles. The highest BCUT2D eigenvalue weighted by atomic mass is 16.5. The number of hydrogen-bond donors (Lipinski definition) is 2. The Kier molecular flexibility index (Phi) is 5.10. The van der Waals surface area contributed by atoms with Gasteiger partial charge < -0.3 is 14.9 Å². The van der Waals surface area contributed by atoms with Crippen LogP contribution in [0.5, 0.6) is 0 Å². The molecule has 20 heavy (non-hydrogen) atoms. The molecule has 1 fully saturated rings. The highest BCUT2D eigenvalue weighted by Crippen LogP contribution is 2.19. The molecule has 0 spiro atoms. The van der Waals surface area contributed by atoms with Crippen molar-refractivity contribution in [3.63, 3.8) is 0 Å². The third-order valence-electron chi connectivity index (χ3n) is 3.67. The van der Waals surface area contributed by atoms with Gasteiger partial charge in [0.25, 0.3) is 0 Å². The first-order valence-corrected chi connectivity index (χ1v) is 6.78. The van der Waals surface area contributed by atoms with Gasteiger partial charge in [0.05, 0.1) is 37.1 Å². The van der Waals surface area contributed by atoms with Crippen LogP contribution in [-0.4, -0.2) is 53.6 Å². The van der Waals surface area contributed by atoms with Crippen LogP contribution in [0, 0.1) is 11.3 Å². The van der Waals surface area contributed by atoms with Gasteiger partial charge in [0, 0.05) is 19.1 Å². The van der Waals surface area contributed by atoms with E-state index in [1.165, 1.54) is 0 Å². The maximum absolute atomic E-state index is 10.3.